The lowest BCUT2D eigenvalue weighted by Crippen LogP contribution is -2.44. The van der Waals surface area contributed by atoms with Gasteiger partial charge in [0.25, 0.3) is 5.91 Å². The van der Waals surface area contributed by atoms with Crippen LogP contribution in [0.1, 0.15) is 46.4 Å². The highest BCUT2D eigenvalue weighted by molar-refractivity contribution is 6.04. The van der Waals surface area contributed by atoms with E-state index in [-0.39, 0.29) is 5.91 Å². The molecule has 6 nitrogen and oxygen atoms in total. The van der Waals surface area contributed by atoms with E-state index in [1.54, 1.807) is 12.3 Å². The second-order valence-corrected chi connectivity index (χ2v) is 8.61. The fourth-order valence-corrected chi connectivity index (χ4v) is 4.43. The van der Waals surface area contributed by atoms with E-state index in [0.717, 1.165) is 52.9 Å². The number of aryl methyl sites for hydroxylation is 1. The second kappa shape index (κ2) is 9.96. The number of hydrogen-bond donors (Lipinski definition) is 2. The van der Waals surface area contributed by atoms with Crippen molar-refractivity contribution in [2.45, 2.75) is 45.7 Å². The molecule has 2 heterocycles. The van der Waals surface area contributed by atoms with Crippen LogP contribution in [-0.4, -0.2) is 39.5 Å². The van der Waals surface area contributed by atoms with Gasteiger partial charge in [-0.25, -0.2) is 0 Å². The van der Waals surface area contributed by atoms with Gasteiger partial charge in [-0.1, -0.05) is 48.9 Å². The van der Waals surface area contributed by atoms with Gasteiger partial charge in [-0.15, -0.1) is 0 Å². The highest BCUT2D eigenvalue weighted by atomic mass is 16.4. The molecule has 2 N–H and O–H groups in total. The second-order valence-electron chi connectivity index (χ2n) is 8.61. The number of carbonyl (C=O) groups is 2. The zero-order chi connectivity index (χ0) is 23.4. The van der Waals surface area contributed by atoms with Gasteiger partial charge in [0, 0.05) is 18.4 Å². The molecule has 170 valence electrons. The molecule has 1 aliphatic heterocycles. The van der Waals surface area contributed by atoms with E-state index in [1.807, 2.05) is 67.3 Å². The van der Waals surface area contributed by atoms with Crippen LogP contribution >= 0.6 is 0 Å². The van der Waals surface area contributed by atoms with Crippen LogP contribution in [0.3, 0.4) is 0 Å². The summed E-state index contributed by atoms with van der Waals surface area (Å²) in [5, 5.41) is 12.6. The molecule has 1 saturated heterocycles. The molecule has 4 rings (SSSR count). The number of likely N-dealkylation sites (tertiary alicyclic amines) is 1. The van der Waals surface area contributed by atoms with Gasteiger partial charge < -0.3 is 10.4 Å². The Morgan fingerprint density at radius 3 is 2.64 bits per heavy atom. The fourth-order valence-electron chi connectivity index (χ4n) is 4.43. The van der Waals surface area contributed by atoms with Gasteiger partial charge in [-0.2, -0.15) is 0 Å². The fraction of sp³-hybridized carbons (Fsp3) is 0.296. The number of nitrogens with zero attached hydrogens (tertiary/aromatic N) is 2. The highest BCUT2D eigenvalue weighted by Gasteiger charge is 2.28. The Labute approximate surface area is 194 Å². The Hall–Kier alpha value is -3.51. The van der Waals surface area contributed by atoms with Crippen molar-refractivity contribution in [3.63, 3.8) is 0 Å². The first kappa shape index (κ1) is 22.7. The minimum absolute atomic E-state index is 0.280. The van der Waals surface area contributed by atoms with Gasteiger partial charge in [0.2, 0.25) is 0 Å². The highest BCUT2D eigenvalue weighted by Crippen LogP contribution is 2.29. The van der Waals surface area contributed by atoms with Crippen molar-refractivity contribution < 1.29 is 14.7 Å². The maximum atomic E-state index is 13.1. The number of hydrogen-bond acceptors (Lipinski definition) is 4. The molecule has 0 aliphatic carbocycles. The molecule has 1 amide bonds. The molecule has 1 atom stereocenters. The quantitative estimate of drug-likeness (QED) is 0.557. The number of carbonyl (C=O) groups excluding carboxylic acids is 1. The monoisotopic (exact) mass is 443 g/mol. The molecule has 2 aromatic carbocycles. The van der Waals surface area contributed by atoms with Gasteiger partial charge >= 0.3 is 5.97 Å². The third-order valence-corrected chi connectivity index (χ3v) is 6.39. The Bertz CT molecular complexity index is 1160. The maximum absolute atomic E-state index is 13.1. The molecular weight excluding hydrogens is 414 g/mol. The summed E-state index contributed by atoms with van der Waals surface area (Å²) in [7, 11) is 0. The maximum Gasteiger partial charge on any atom is 0.320 e. The van der Waals surface area contributed by atoms with Crippen LogP contribution in [0.2, 0.25) is 0 Å². The third kappa shape index (κ3) is 5.12. The van der Waals surface area contributed by atoms with Crippen LogP contribution < -0.4 is 5.32 Å². The predicted molar refractivity (Wildman–Crippen MR) is 129 cm³/mol. The average molecular weight is 444 g/mol. The van der Waals surface area contributed by atoms with Crippen LogP contribution in [0.25, 0.3) is 11.1 Å². The van der Waals surface area contributed by atoms with E-state index in [4.69, 9.17) is 0 Å². The number of aliphatic carboxylic acids is 1. The van der Waals surface area contributed by atoms with Crippen molar-refractivity contribution in [2.24, 2.45) is 0 Å². The Morgan fingerprint density at radius 1 is 1.09 bits per heavy atom. The first-order valence-electron chi connectivity index (χ1n) is 11.3. The lowest BCUT2D eigenvalue weighted by Gasteiger charge is -2.33. The number of benzene rings is 2. The molecule has 6 heteroatoms. The number of aromatic nitrogens is 1. The molecule has 1 fully saturated rings. The van der Waals surface area contributed by atoms with E-state index >= 15 is 0 Å². The van der Waals surface area contributed by atoms with Crippen LogP contribution in [0.5, 0.6) is 0 Å². The lowest BCUT2D eigenvalue weighted by molar-refractivity contribution is -0.144. The zero-order valence-electron chi connectivity index (χ0n) is 19.0. The summed E-state index contributed by atoms with van der Waals surface area (Å²) >= 11 is 0. The van der Waals surface area contributed by atoms with Crippen LogP contribution in [-0.2, 0) is 11.3 Å². The van der Waals surface area contributed by atoms with Gasteiger partial charge in [-0.05, 0) is 73.2 Å². The number of carboxylic acids is 1. The van der Waals surface area contributed by atoms with E-state index in [0.29, 0.717) is 18.7 Å². The van der Waals surface area contributed by atoms with Crippen molar-refractivity contribution in [1.82, 2.24) is 9.88 Å². The zero-order valence-corrected chi connectivity index (χ0v) is 19.0. The van der Waals surface area contributed by atoms with Gasteiger partial charge in [-0.3, -0.25) is 19.5 Å². The van der Waals surface area contributed by atoms with E-state index in [9.17, 15) is 14.7 Å². The van der Waals surface area contributed by atoms with E-state index in [2.05, 4.69) is 10.3 Å². The van der Waals surface area contributed by atoms with Crippen LogP contribution in [0, 0.1) is 13.8 Å². The van der Waals surface area contributed by atoms with E-state index < -0.39 is 12.0 Å². The Kier molecular flexibility index (Phi) is 6.84. The number of nitrogens with one attached hydrogen (secondary N) is 1. The summed E-state index contributed by atoms with van der Waals surface area (Å²) in [5.41, 5.74) is 6.09. The minimum Gasteiger partial charge on any atom is -0.480 e. The molecule has 1 aliphatic rings. The normalized spacial score (nSPS) is 16.4. The number of carboxylic acid groups (broad SMARTS) is 1. The molecule has 0 saturated carbocycles. The lowest BCUT2D eigenvalue weighted by atomic mass is 9.99. The number of piperidine rings is 1. The predicted octanol–water partition coefficient (Wildman–Crippen LogP) is 5.06. The largest absolute Gasteiger partial charge is 0.480 e. The smallest absolute Gasteiger partial charge is 0.320 e. The topological polar surface area (TPSA) is 82.5 Å². The molecule has 0 unspecified atom stereocenters. The number of rotatable bonds is 6. The van der Waals surface area contributed by atoms with Gasteiger partial charge in [0.05, 0.1) is 0 Å². The van der Waals surface area contributed by atoms with Crippen LogP contribution in [0.15, 0.2) is 60.8 Å². The first-order chi connectivity index (χ1) is 15.9. The minimum atomic E-state index is -0.784. The summed E-state index contributed by atoms with van der Waals surface area (Å²) in [4.78, 5) is 31.1. The number of pyridine rings is 1. The number of amides is 1. The van der Waals surface area contributed by atoms with Crippen molar-refractivity contribution in [1.29, 1.82) is 0 Å². The first-order valence-corrected chi connectivity index (χ1v) is 11.3. The molecule has 0 spiro atoms. The molecule has 0 radical (unpaired) electrons. The van der Waals surface area contributed by atoms with Gasteiger partial charge in [0.1, 0.15) is 11.7 Å². The summed E-state index contributed by atoms with van der Waals surface area (Å²) in [6, 6.07) is 17.2. The summed E-state index contributed by atoms with van der Waals surface area (Å²) in [6.07, 6.45) is 4.26. The summed E-state index contributed by atoms with van der Waals surface area (Å²) < 4.78 is 0. The molecule has 0 bridgehead atoms. The summed E-state index contributed by atoms with van der Waals surface area (Å²) in [5.74, 6) is -1.06. The Morgan fingerprint density at radius 2 is 1.88 bits per heavy atom. The SMILES string of the molecule is Cc1cnc(C(=O)Nc2cccc(-c3ccccc3)c2C)cc1CN1CCCC[C@H]1C(=O)O. The van der Waals surface area contributed by atoms with Crippen LogP contribution in [0.4, 0.5) is 5.69 Å². The number of anilines is 1. The van der Waals surface area contributed by atoms with Crippen molar-refractivity contribution in [3.8, 4) is 11.1 Å². The molecule has 3 aromatic rings. The van der Waals surface area contributed by atoms with Crippen molar-refractivity contribution in [2.75, 3.05) is 11.9 Å². The van der Waals surface area contributed by atoms with Crippen molar-refractivity contribution >= 4 is 17.6 Å². The third-order valence-electron chi connectivity index (χ3n) is 6.39. The van der Waals surface area contributed by atoms with Crippen molar-refractivity contribution in [3.05, 3.63) is 83.2 Å². The standard InChI is InChI=1S/C27H29N3O3/c1-18-16-28-24(15-21(18)17-30-14-7-6-13-25(30)27(32)33)26(31)29-23-12-8-11-22(19(23)2)20-9-4-3-5-10-20/h3-5,8-12,15-16,25H,6-7,13-14,17H2,1-2H3,(H,29,31)(H,32,33)/t25-/m0/s1. The van der Waals surface area contributed by atoms with E-state index in [1.165, 1.54) is 0 Å². The molecule has 1 aromatic heterocycles. The van der Waals surface area contributed by atoms with Gasteiger partial charge in [0.15, 0.2) is 0 Å². The molecule has 33 heavy (non-hydrogen) atoms. The summed E-state index contributed by atoms with van der Waals surface area (Å²) in [6.45, 7) is 5.17. The molecular formula is C27H29N3O3. The Balaban J connectivity index is 1.55. The average Bonchev–Trinajstić information content (AvgIpc) is 2.82.